The molecule has 2 aromatic rings. The van der Waals surface area contributed by atoms with Gasteiger partial charge >= 0.3 is 5.97 Å². The third-order valence-corrected chi connectivity index (χ3v) is 3.55. The molecular weight excluding hydrogens is 336 g/mol. The van der Waals surface area contributed by atoms with Gasteiger partial charge in [-0.15, -0.1) is 0 Å². The predicted octanol–water partition coefficient (Wildman–Crippen LogP) is 2.64. The maximum atomic E-state index is 12.0. The molecule has 0 fully saturated rings. The van der Waals surface area contributed by atoms with Crippen LogP contribution in [0.3, 0.4) is 0 Å². The summed E-state index contributed by atoms with van der Waals surface area (Å²) in [6, 6.07) is 12.4. The van der Waals surface area contributed by atoms with E-state index in [9.17, 15) is 4.79 Å². The number of aryl methyl sites for hydroxylation is 1. The van der Waals surface area contributed by atoms with Crippen molar-refractivity contribution in [2.75, 3.05) is 14.2 Å². The highest BCUT2D eigenvalue weighted by atomic mass is 16.7. The van der Waals surface area contributed by atoms with Crippen LogP contribution < -0.4 is 19.9 Å². The number of hydrogen-bond donors (Lipinski definition) is 1. The standard InChI is InChI=1S/C19H22N2O5/c1-12-6-5-7-15(10-12)25-13(2)19(22)26-21-18(20)14-8-9-16(23-3)17(11-14)24-4/h5-11,13H,1-4H3,(H2,20,21). The molecule has 0 aliphatic heterocycles. The number of ether oxygens (including phenoxy) is 3. The van der Waals surface area contributed by atoms with Crippen molar-refractivity contribution >= 4 is 11.8 Å². The van der Waals surface area contributed by atoms with Crippen molar-refractivity contribution in [3.8, 4) is 17.2 Å². The first kappa shape index (κ1) is 19.1. The van der Waals surface area contributed by atoms with Crippen molar-refractivity contribution in [1.29, 1.82) is 0 Å². The van der Waals surface area contributed by atoms with Gasteiger partial charge in [0.05, 0.1) is 14.2 Å². The molecule has 0 aliphatic rings. The first-order chi connectivity index (χ1) is 12.4. The van der Waals surface area contributed by atoms with Crippen LogP contribution in [0.25, 0.3) is 0 Å². The Morgan fingerprint density at radius 3 is 2.46 bits per heavy atom. The van der Waals surface area contributed by atoms with Crippen LogP contribution in [-0.2, 0) is 9.63 Å². The van der Waals surface area contributed by atoms with Gasteiger partial charge in [0.1, 0.15) is 5.75 Å². The van der Waals surface area contributed by atoms with Gasteiger partial charge in [0.25, 0.3) is 0 Å². The number of oxime groups is 1. The van der Waals surface area contributed by atoms with Crippen molar-refractivity contribution < 1.29 is 23.8 Å². The van der Waals surface area contributed by atoms with E-state index in [1.54, 1.807) is 31.2 Å². The van der Waals surface area contributed by atoms with Crippen LogP contribution in [0.15, 0.2) is 47.6 Å². The Balaban J connectivity index is 2.02. The van der Waals surface area contributed by atoms with Gasteiger partial charge in [-0.25, -0.2) is 4.79 Å². The number of amidine groups is 1. The Labute approximate surface area is 152 Å². The number of hydrogen-bond acceptors (Lipinski definition) is 6. The Bertz CT molecular complexity index is 804. The topological polar surface area (TPSA) is 92.4 Å². The molecule has 26 heavy (non-hydrogen) atoms. The molecule has 0 amide bonds. The third-order valence-electron chi connectivity index (χ3n) is 3.55. The summed E-state index contributed by atoms with van der Waals surface area (Å²) < 4.78 is 15.9. The number of methoxy groups -OCH3 is 2. The lowest BCUT2D eigenvalue weighted by Gasteiger charge is -2.12. The molecule has 0 saturated carbocycles. The van der Waals surface area contributed by atoms with Gasteiger partial charge in [0.2, 0.25) is 0 Å². The number of carbonyl (C=O) groups excluding carboxylic acids is 1. The smallest absolute Gasteiger partial charge is 0.374 e. The van der Waals surface area contributed by atoms with E-state index in [0.717, 1.165) is 5.56 Å². The molecule has 7 nitrogen and oxygen atoms in total. The zero-order valence-corrected chi connectivity index (χ0v) is 15.2. The summed E-state index contributed by atoms with van der Waals surface area (Å²) in [6.07, 6.45) is -0.834. The van der Waals surface area contributed by atoms with Crippen molar-refractivity contribution in [1.82, 2.24) is 0 Å². The van der Waals surface area contributed by atoms with Crippen LogP contribution in [-0.4, -0.2) is 32.1 Å². The van der Waals surface area contributed by atoms with Crippen molar-refractivity contribution in [3.05, 3.63) is 53.6 Å². The molecule has 0 spiro atoms. The molecule has 2 N–H and O–H groups in total. The summed E-state index contributed by atoms with van der Waals surface area (Å²) in [7, 11) is 3.05. The van der Waals surface area contributed by atoms with Crippen molar-refractivity contribution in [2.45, 2.75) is 20.0 Å². The van der Waals surface area contributed by atoms with E-state index < -0.39 is 12.1 Å². The molecule has 0 radical (unpaired) electrons. The summed E-state index contributed by atoms with van der Waals surface area (Å²) in [5.74, 6) is 0.995. The molecule has 0 saturated heterocycles. The largest absolute Gasteiger partial charge is 0.493 e. The Kier molecular flexibility index (Phi) is 6.43. The van der Waals surface area contributed by atoms with Crippen LogP contribution in [0.4, 0.5) is 0 Å². The number of carbonyl (C=O) groups is 1. The zero-order chi connectivity index (χ0) is 19.1. The average molecular weight is 358 g/mol. The molecule has 0 heterocycles. The number of benzene rings is 2. The molecule has 1 unspecified atom stereocenters. The average Bonchev–Trinajstić information content (AvgIpc) is 2.65. The normalized spacial score (nSPS) is 12.2. The van der Waals surface area contributed by atoms with Gasteiger partial charge in [0, 0.05) is 5.56 Å². The zero-order valence-electron chi connectivity index (χ0n) is 15.2. The number of rotatable bonds is 7. The second-order valence-electron chi connectivity index (χ2n) is 5.53. The van der Waals surface area contributed by atoms with Gasteiger partial charge in [-0.2, -0.15) is 0 Å². The Morgan fingerprint density at radius 1 is 1.08 bits per heavy atom. The lowest BCUT2D eigenvalue weighted by molar-refractivity contribution is -0.151. The van der Waals surface area contributed by atoms with E-state index in [1.807, 2.05) is 25.1 Å². The Morgan fingerprint density at radius 2 is 1.81 bits per heavy atom. The van der Waals surface area contributed by atoms with Gasteiger partial charge in [0.15, 0.2) is 23.4 Å². The lowest BCUT2D eigenvalue weighted by Crippen LogP contribution is -2.26. The van der Waals surface area contributed by atoms with Gasteiger partial charge in [-0.1, -0.05) is 17.3 Å². The molecule has 7 heteroatoms. The van der Waals surface area contributed by atoms with E-state index >= 15 is 0 Å². The quantitative estimate of drug-likeness (QED) is 0.354. The van der Waals surface area contributed by atoms with E-state index in [0.29, 0.717) is 22.8 Å². The molecule has 2 rings (SSSR count). The summed E-state index contributed by atoms with van der Waals surface area (Å²) in [5.41, 5.74) is 7.42. The molecule has 138 valence electrons. The van der Waals surface area contributed by atoms with Gasteiger partial charge in [-0.3, -0.25) is 0 Å². The lowest BCUT2D eigenvalue weighted by atomic mass is 10.2. The van der Waals surface area contributed by atoms with Crippen LogP contribution in [0.2, 0.25) is 0 Å². The summed E-state index contributed by atoms with van der Waals surface area (Å²) in [6.45, 7) is 3.51. The Hall–Kier alpha value is -3.22. The van der Waals surface area contributed by atoms with Crippen LogP contribution in [0, 0.1) is 6.92 Å². The maximum Gasteiger partial charge on any atom is 0.374 e. The van der Waals surface area contributed by atoms with Crippen LogP contribution in [0.5, 0.6) is 17.2 Å². The molecule has 2 aromatic carbocycles. The fourth-order valence-corrected chi connectivity index (χ4v) is 2.16. The summed E-state index contributed by atoms with van der Waals surface area (Å²) in [5, 5.41) is 3.67. The molecular formula is C19H22N2O5. The summed E-state index contributed by atoms with van der Waals surface area (Å²) >= 11 is 0. The highest BCUT2D eigenvalue weighted by molar-refractivity contribution is 5.98. The predicted molar refractivity (Wildman–Crippen MR) is 97.6 cm³/mol. The fourth-order valence-electron chi connectivity index (χ4n) is 2.16. The first-order valence-corrected chi connectivity index (χ1v) is 7.94. The summed E-state index contributed by atoms with van der Waals surface area (Å²) in [4.78, 5) is 16.9. The van der Waals surface area contributed by atoms with Crippen molar-refractivity contribution in [3.63, 3.8) is 0 Å². The monoisotopic (exact) mass is 358 g/mol. The number of nitrogens with zero attached hydrogens (tertiary/aromatic N) is 1. The first-order valence-electron chi connectivity index (χ1n) is 7.94. The van der Waals surface area contributed by atoms with Crippen molar-refractivity contribution in [2.24, 2.45) is 10.9 Å². The minimum Gasteiger partial charge on any atom is -0.493 e. The SMILES string of the molecule is COc1ccc(C(N)=NOC(=O)C(C)Oc2cccc(C)c2)cc1OC. The minimum atomic E-state index is -0.834. The molecule has 1 atom stereocenters. The van der Waals surface area contributed by atoms with E-state index in [2.05, 4.69) is 5.16 Å². The minimum absolute atomic E-state index is 0.0297. The highest BCUT2D eigenvalue weighted by Gasteiger charge is 2.17. The molecule has 0 bridgehead atoms. The van der Waals surface area contributed by atoms with E-state index in [-0.39, 0.29) is 5.84 Å². The van der Waals surface area contributed by atoms with E-state index in [1.165, 1.54) is 14.2 Å². The van der Waals surface area contributed by atoms with Gasteiger partial charge in [-0.05, 0) is 49.7 Å². The number of nitrogens with two attached hydrogens (primary N) is 1. The van der Waals surface area contributed by atoms with Crippen LogP contribution >= 0.6 is 0 Å². The second kappa shape index (κ2) is 8.75. The maximum absolute atomic E-state index is 12.0. The highest BCUT2D eigenvalue weighted by Crippen LogP contribution is 2.27. The second-order valence-corrected chi connectivity index (χ2v) is 5.53. The molecule has 0 aromatic heterocycles. The third kappa shape index (κ3) is 4.89. The molecule has 0 aliphatic carbocycles. The van der Waals surface area contributed by atoms with Gasteiger partial charge < -0.3 is 24.8 Å². The fraction of sp³-hybridized carbons (Fsp3) is 0.263. The van der Waals surface area contributed by atoms with E-state index in [4.69, 9.17) is 24.8 Å². The van der Waals surface area contributed by atoms with Crippen LogP contribution in [0.1, 0.15) is 18.1 Å².